The van der Waals surface area contributed by atoms with E-state index in [0.717, 1.165) is 5.57 Å². The van der Waals surface area contributed by atoms with Gasteiger partial charge in [0.15, 0.2) is 5.78 Å². The molecule has 0 saturated heterocycles. The Morgan fingerprint density at radius 2 is 1.75 bits per heavy atom. The van der Waals surface area contributed by atoms with Crippen molar-refractivity contribution in [2.75, 3.05) is 7.05 Å². The molecule has 106 valence electrons. The quantitative estimate of drug-likeness (QED) is 0.481. The topological polar surface area (TPSA) is 46.5 Å². The molecule has 0 aromatic heterocycles. The van der Waals surface area contributed by atoms with Gasteiger partial charge in [-0.15, -0.1) is 0 Å². The summed E-state index contributed by atoms with van der Waals surface area (Å²) in [7, 11) is 1.41. The maximum absolute atomic E-state index is 13.2. The third-order valence-electron chi connectivity index (χ3n) is 2.96. The Kier molecular flexibility index (Phi) is 5.08. The summed E-state index contributed by atoms with van der Waals surface area (Å²) < 4.78 is 13.2. The number of aryl methyl sites for hydroxylation is 1. The molecule has 0 spiro atoms. The van der Waals surface area contributed by atoms with E-state index in [4.69, 9.17) is 0 Å². The van der Waals surface area contributed by atoms with Crippen molar-refractivity contribution >= 4 is 22.9 Å². The van der Waals surface area contributed by atoms with Crippen molar-refractivity contribution in [2.24, 2.45) is 4.99 Å². The highest BCUT2D eigenvalue weighted by Crippen LogP contribution is 2.24. The van der Waals surface area contributed by atoms with Gasteiger partial charge in [0.2, 0.25) is 5.78 Å². The van der Waals surface area contributed by atoms with Crippen LogP contribution in [-0.2, 0) is 9.59 Å². The number of hydrogen-bond donors (Lipinski definition) is 0. The number of carbonyl (C=O) groups is 2. The molecule has 0 heterocycles. The van der Waals surface area contributed by atoms with Gasteiger partial charge < -0.3 is 0 Å². The van der Waals surface area contributed by atoms with Gasteiger partial charge in [-0.3, -0.25) is 14.6 Å². The van der Waals surface area contributed by atoms with E-state index in [1.165, 1.54) is 26.1 Å². The van der Waals surface area contributed by atoms with Crippen LogP contribution in [0.25, 0.3) is 5.57 Å². The van der Waals surface area contributed by atoms with E-state index in [2.05, 4.69) is 4.99 Å². The number of halogens is 1. The molecule has 0 aliphatic heterocycles. The Balaban J connectivity index is 3.45. The average molecular weight is 275 g/mol. The van der Waals surface area contributed by atoms with Crippen LogP contribution in [-0.4, -0.2) is 24.3 Å². The van der Waals surface area contributed by atoms with Crippen LogP contribution in [0.15, 0.2) is 28.8 Å². The molecule has 0 aliphatic carbocycles. The summed E-state index contributed by atoms with van der Waals surface area (Å²) in [6.07, 6.45) is 0. The molecular weight excluding hydrogens is 257 g/mol. The van der Waals surface area contributed by atoms with E-state index >= 15 is 0 Å². The summed E-state index contributed by atoms with van der Waals surface area (Å²) in [6.45, 7) is 6.60. The van der Waals surface area contributed by atoms with E-state index in [9.17, 15) is 14.0 Å². The Morgan fingerprint density at radius 3 is 2.15 bits per heavy atom. The Bertz CT molecular complexity index is 623. The first-order valence-electron chi connectivity index (χ1n) is 6.26. The lowest BCUT2D eigenvalue weighted by atomic mass is 9.91. The van der Waals surface area contributed by atoms with Crippen LogP contribution in [0.2, 0.25) is 0 Å². The zero-order valence-corrected chi connectivity index (χ0v) is 12.4. The number of hydrogen-bond acceptors (Lipinski definition) is 3. The lowest BCUT2D eigenvalue weighted by Gasteiger charge is -2.12. The Morgan fingerprint density at radius 1 is 1.15 bits per heavy atom. The molecule has 0 fully saturated rings. The fourth-order valence-corrected chi connectivity index (χ4v) is 2.06. The number of rotatable bonds is 4. The molecule has 0 atom stereocenters. The van der Waals surface area contributed by atoms with Crippen molar-refractivity contribution in [1.29, 1.82) is 0 Å². The van der Waals surface area contributed by atoms with Crippen molar-refractivity contribution < 1.29 is 14.0 Å². The van der Waals surface area contributed by atoms with Crippen molar-refractivity contribution in [3.8, 4) is 0 Å². The number of carbonyl (C=O) groups excluding carboxylic acids is 2. The second-order valence-electron chi connectivity index (χ2n) is 4.79. The number of nitrogens with zero attached hydrogens (tertiary/aromatic N) is 1. The number of benzene rings is 1. The van der Waals surface area contributed by atoms with Crippen molar-refractivity contribution in [1.82, 2.24) is 0 Å². The minimum atomic E-state index is -0.422. The van der Waals surface area contributed by atoms with Gasteiger partial charge in [0, 0.05) is 19.5 Å². The van der Waals surface area contributed by atoms with Crippen molar-refractivity contribution in [3.63, 3.8) is 0 Å². The summed E-state index contributed by atoms with van der Waals surface area (Å²) >= 11 is 0. The molecule has 0 N–H and O–H groups in total. The van der Waals surface area contributed by atoms with Gasteiger partial charge >= 0.3 is 0 Å². The molecule has 4 heteroatoms. The molecule has 0 saturated carbocycles. The first-order chi connectivity index (χ1) is 9.29. The number of allylic oxidation sites excluding steroid dienone is 2. The van der Waals surface area contributed by atoms with Crippen LogP contribution in [0, 0.1) is 12.7 Å². The molecule has 0 bridgehead atoms. The van der Waals surface area contributed by atoms with Crippen molar-refractivity contribution in [2.45, 2.75) is 27.7 Å². The molecular formula is C16H18FNO2. The van der Waals surface area contributed by atoms with Gasteiger partial charge in [-0.25, -0.2) is 4.39 Å². The van der Waals surface area contributed by atoms with E-state index < -0.39 is 5.78 Å². The van der Waals surface area contributed by atoms with Gasteiger partial charge in [-0.05, 0) is 44.0 Å². The van der Waals surface area contributed by atoms with Crippen molar-refractivity contribution in [3.05, 3.63) is 40.7 Å². The second-order valence-corrected chi connectivity index (χ2v) is 4.79. The molecule has 1 aromatic rings. The van der Waals surface area contributed by atoms with Gasteiger partial charge in [0.05, 0.1) is 0 Å². The Labute approximate surface area is 118 Å². The predicted molar refractivity (Wildman–Crippen MR) is 78.5 cm³/mol. The maximum Gasteiger partial charge on any atom is 0.215 e. The van der Waals surface area contributed by atoms with Gasteiger partial charge in [-0.2, -0.15) is 0 Å². The highest BCUT2D eigenvalue weighted by atomic mass is 19.1. The van der Waals surface area contributed by atoms with E-state index in [1.807, 2.05) is 0 Å². The van der Waals surface area contributed by atoms with Crippen LogP contribution in [0.3, 0.4) is 0 Å². The Hall–Kier alpha value is -2.10. The third-order valence-corrected chi connectivity index (χ3v) is 2.96. The zero-order valence-electron chi connectivity index (χ0n) is 12.4. The summed E-state index contributed by atoms with van der Waals surface area (Å²) in [6, 6.07) is 4.22. The number of ketones is 2. The fraction of sp³-hybridized carbons (Fsp3) is 0.312. The van der Waals surface area contributed by atoms with Crippen LogP contribution in [0.5, 0.6) is 0 Å². The minimum Gasteiger partial charge on any atom is -0.293 e. The SMILES string of the molecule is CN=C(C(C)=O)C(=O)C(=C(C)C)c1ccc(F)cc1C. The second kappa shape index (κ2) is 6.37. The lowest BCUT2D eigenvalue weighted by molar-refractivity contribution is -0.113. The number of aliphatic imine (C=N–C) groups is 1. The largest absolute Gasteiger partial charge is 0.293 e. The fourth-order valence-electron chi connectivity index (χ4n) is 2.06. The maximum atomic E-state index is 13.2. The van der Waals surface area contributed by atoms with Crippen LogP contribution in [0.4, 0.5) is 4.39 Å². The van der Waals surface area contributed by atoms with Gasteiger partial charge in [0.25, 0.3) is 0 Å². The first-order valence-corrected chi connectivity index (χ1v) is 6.26. The monoisotopic (exact) mass is 275 g/mol. The number of Topliss-reactive ketones (excluding diaryl/α,β-unsaturated/α-hetero) is 2. The molecule has 0 unspecified atom stereocenters. The molecule has 0 aliphatic rings. The average Bonchev–Trinajstić information content (AvgIpc) is 2.32. The zero-order chi connectivity index (χ0) is 15.4. The molecule has 1 aromatic carbocycles. The first kappa shape index (κ1) is 16.0. The summed E-state index contributed by atoms with van der Waals surface area (Å²) in [5.41, 5.74) is 2.34. The minimum absolute atomic E-state index is 0.0927. The summed E-state index contributed by atoms with van der Waals surface area (Å²) in [4.78, 5) is 27.7. The lowest BCUT2D eigenvalue weighted by Crippen LogP contribution is -2.24. The predicted octanol–water partition coefficient (Wildman–Crippen LogP) is 3.16. The van der Waals surface area contributed by atoms with Gasteiger partial charge in [0.1, 0.15) is 11.5 Å². The van der Waals surface area contributed by atoms with E-state index in [1.54, 1.807) is 26.8 Å². The van der Waals surface area contributed by atoms with Crippen LogP contribution < -0.4 is 0 Å². The molecule has 0 amide bonds. The molecule has 20 heavy (non-hydrogen) atoms. The van der Waals surface area contributed by atoms with Crippen LogP contribution in [0.1, 0.15) is 31.9 Å². The molecule has 3 nitrogen and oxygen atoms in total. The highest BCUT2D eigenvalue weighted by molar-refractivity contribution is 6.73. The van der Waals surface area contributed by atoms with Crippen LogP contribution >= 0.6 is 0 Å². The molecule has 1 rings (SSSR count). The smallest absolute Gasteiger partial charge is 0.215 e. The van der Waals surface area contributed by atoms with Gasteiger partial charge in [-0.1, -0.05) is 11.6 Å². The van der Waals surface area contributed by atoms with E-state index in [0.29, 0.717) is 16.7 Å². The summed E-state index contributed by atoms with van der Waals surface area (Å²) in [5, 5.41) is 0. The normalized spacial score (nSPS) is 11.2. The van der Waals surface area contributed by atoms with E-state index in [-0.39, 0.29) is 17.3 Å². The third kappa shape index (κ3) is 3.26. The standard InChI is InChI=1S/C16H18FNO2/c1-9(2)14(16(20)15(18-5)11(4)19)13-7-6-12(17)8-10(13)3/h6-8H,1-5H3. The summed E-state index contributed by atoms with van der Waals surface area (Å²) in [5.74, 6) is -1.16. The highest BCUT2D eigenvalue weighted by Gasteiger charge is 2.23. The molecule has 0 radical (unpaired) electrons.